The molecule has 0 saturated heterocycles. The normalized spacial score (nSPS) is 18.2. The van der Waals surface area contributed by atoms with Gasteiger partial charge in [-0.15, -0.1) is 0 Å². The number of nitrogen functional groups attached to an aromatic ring is 1. The summed E-state index contributed by atoms with van der Waals surface area (Å²) in [5, 5.41) is 3.65. The summed E-state index contributed by atoms with van der Waals surface area (Å²) in [6, 6.07) is 0. The van der Waals surface area contributed by atoms with Crippen molar-refractivity contribution in [1.82, 2.24) is 9.97 Å². The Morgan fingerprint density at radius 2 is 2.12 bits per heavy atom. The molecule has 94 valence electrons. The number of halogens is 1. The lowest BCUT2D eigenvalue weighted by atomic mass is 9.83. The molecule has 0 bridgehead atoms. The van der Waals surface area contributed by atoms with Crippen LogP contribution in [0.25, 0.3) is 0 Å². The number of rotatable bonds is 4. The lowest BCUT2D eigenvalue weighted by Crippen LogP contribution is -2.26. The van der Waals surface area contributed by atoms with E-state index in [0.29, 0.717) is 22.1 Å². The van der Waals surface area contributed by atoms with E-state index in [1.807, 2.05) is 0 Å². The van der Waals surface area contributed by atoms with Crippen LogP contribution in [0.1, 0.15) is 39.0 Å². The second-order valence-electron chi connectivity index (χ2n) is 4.84. The van der Waals surface area contributed by atoms with Gasteiger partial charge in [0.15, 0.2) is 11.0 Å². The first-order valence-corrected chi connectivity index (χ1v) is 6.54. The van der Waals surface area contributed by atoms with Crippen LogP contribution in [0.15, 0.2) is 6.33 Å². The van der Waals surface area contributed by atoms with Gasteiger partial charge in [0.1, 0.15) is 12.0 Å². The number of nitrogens with zero attached hydrogens (tertiary/aromatic N) is 2. The summed E-state index contributed by atoms with van der Waals surface area (Å²) >= 11 is 5.86. The van der Waals surface area contributed by atoms with Crippen LogP contribution in [-0.4, -0.2) is 16.5 Å². The Labute approximate surface area is 107 Å². The van der Waals surface area contributed by atoms with Gasteiger partial charge in [-0.25, -0.2) is 9.97 Å². The Balaban J connectivity index is 2.04. The number of nitrogens with one attached hydrogen (secondary N) is 1. The van der Waals surface area contributed by atoms with Crippen molar-refractivity contribution >= 4 is 23.1 Å². The third-order valence-electron chi connectivity index (χ3n) is 3.88. The molecular formula is C12H19ClN4. The maximum absolute atomic E-state index is 5.86. The number of aromatic nitrogens is 2. The first-order valence-electron chi connectivity index (χ1n) is 6.17. The lowest BCUT2D eigenvalue weighted by molar-refractivity contribution is 0.306. The highest BCUT2D eigenvalue weighted by Gasteiger charge is 2.31. The van der Waals surface area contributed by atoms with Crippen LogP contribution in [0.3, 0.4) is 0 Å². The summed E-state index contributed by atoms with van der Waals surface area (Å²) in [4.78, 5) is 7.98. The highest BCUT2D eigenvalue weighted by atomic mass is 35.5. The minimum absolute atomic E-state index is 0.319. The van der Waals surface area contributed by atoms with Crippen LogP contribution in [0, 0.1) is 5.41 Å². The zero-order chi connectivity index (χ0) is 12.3. The van der Waals surface area contributed by atoms with Crippen LogP contribution in [0.4, 0.5) is 11.5 Å². The second-order valence-corrected chi connectivity index (χ2v) is 5.20. The van der Waals surface area contributed by atoms with Gasteiger partial charge in [0.25, 0.3) is 0 Å². The molecule has 3 N–H and O–H groups in total. The SMILES string of the molecule is CCC1(CNc2ncnc(Cl)c2N)CCCC1. The molecule has 1 saturated carbocycles. The monoisotopic (exact) mass is 254 g/mol. The van der Waals surface area contributed by atoms with Crippen molar-refractivity contribution in [1.29, 1.82) is 0 Å². The predicted octanol–water partition coefficient (Wildman–Crippen LogP) is 3.09. The average molecular weight is 255 g/mol. The summed E-state index contributed by atoms with van der Waals surface area (Å²) in [5.41, 5.74) is 6.68. The topological polar surface area (TPSA) is 63.8 Å². The Morgan fingerprint density at radius 3 is 2.76 bits per heavy atom. The van der Waals surface area contributed by atoms with E-state index in [2.05, 4.69) is 22.2 Å². The number of nitrogens with two attached hydrogens (primary N) is 1. The van der Waals surface area contributed by atoms with Crippen molar-refractivity contribution in [3.8, 4) is 0 Å². The lowest BCUT2D eigenvalue weighted by Gasteiger charge is -2.28. The van der Waals surface area contributed by atoms with Gasteiger partial charge < -0.3 is 11.1 Å². The second kappa shape index (κ2) is 5.08. The fourth-order valence-electron chi connectivity index (χ4n) is 2.57. The molecule has 0 radical (unpaired) electrons. The minimum Gasteiger partial charge on any atom is -0.393 e. The van der Waals surface area contributed by atoms with Crippen molar-refractivity contribution < 1.29 is 0 Å². The van der Waals surface area contributed by atoms with Crippen molar-refractivity contribution in [2.45, 2.75) is 39.0 Å². The molecule has 5 heteroatoms. The summed E-state index contributed by atoms with van der Waals surface area (Å²) < 4.78 is 0. The van der Waals surface area contributed by atoms with Crippen LogP contribution in [-0.2, 0) is 0 Å². The molecule has 1 aromatic rings. The standard InChI is InChI=1S/C12H19ClN4/c1-2-12(5-3-4-6-12)7-15-11-9(14)10(13)16-8-17-11/h8H,2-7,14H2,1H3,(H,15,16,17). The molecule has 1 heterocycles. The molecule has 0 amide bonds. The summed E-state index contributed by atoms with van der Waals surface area (Å²) in [6.45, 7) is 3.17. The Hall–Kier alpha value is -1.03. The van der Waals surface area contributed by atoms with Crippen LogP contribution >= 0.6 is 11.6 Å². The van der Waals surface area contributed by atoms with E-state index in [9.17, 15) is 0 Å². The van der Waals surface area contributed by atoms with Crippen molar-refractivity contribution in [3.63, 3.8) is 0 Å². The molecule has 1 aliphatic carbocycles. The average Bonchev–Trinajstić information content (AvgIpc) is 2.81. The van der Waals surface area contributed by atoms with Gasteiger partial charge in [-0.1, -0.05) is 31.4 Å². The fraction of sp³-hybridized carbons (Fsp3) is 0.667. The molecule has 1 aromatic heterocycles. The van der Waals surface area contributed by atoms with Crippen LogP contribution in [0.2, 0.25) is 5.15 Å². The van der Waals surface area contributed by atoms with Gasteiger partial charge >= 0.3 is 0 Å². The molecule has 0 spiro atoms. The van der Waals surface area contributed by atoms with Gasteiger partial charge in [-0.3, -0.25) is 0 Å². The zero-order valence-corrected chi connectivity index (χ0v) is 10.9. The van der Waals surface area contributed by atoms with Gasteiger partial charge in [0, 0.05) is 6.54 Å². The molecule has 0 atom stereocenters. The number of hydrogen-bond acceptors (Lipinski definition) is 4. The van der Waals surface area contributed by atoms with Crippen LogP contribution < -0.4 is 11.1 Å². The van der Waals surface area contributed by atoms with Gasteiger partial charge in [-0.2, -0.15) is 0 Å². The van der Waals surface area contributed by atoms with E-state index >= 15 is 0 Å². The Bertz CT molecular complexity index is 388. The quantitative estimate of drug-likeness (QED) is 0.811. The molecule has 0 aromatic carbocycles. The Morgan fingerprint density at radius 1 is 1.41 bits per heavy atom. The third-order valence-corrected chi connectivity index (χ3v) is 4.18. The molecule has 0 aliphatic heterocycles. The van der Waals surface area contributed by atoms with Gasteiger partial charge in [0.2, 0.25) is 0 Å². The molecule has 2 rings (SSSR count). The summed E-state index contributed by atoms with van der Waals surface area (Å²) in [7, 11) is 0. The highest BCUT2D eigenvalue weighted by Crippen LogP contribution is 2.41. The highest BCUT2D eigenvalue weighted by molar-refractivity contribution is 6.32. The zero-order valence-electron chi connectivity index (χ0n) is 10.2. The molecule has 1 aliphatic rings. The van der Waals surface area contributed by atoms with Crippen LogP contribution in [0.5, 0.6) is 0 Å². The molecular weight excluding hydrogens is 236 g/mol. The maximum atomic E-state index is 5.86. The largest absolute Gasteiger partial charge is 0.393 e. The molecule has 0 unspecified atom stereocenters. The predicted molar refractivity (Wildman–Crippen MR) is 71.1 cm³/mol. The molecule has 1 fully saturated rings. The number of anilines is 2. The van der Waals surface area contributed by atoms with E-state index < -0.39 is 0 Å². The summed E-state index contributed by atoms with van der Waals surface area (Å²) in [6.07, 6.45) is 7.86. The maximum Gasteiger partial charge on any atom is 0.157 e. The third kappa shape index (κ3) is 2.63. The minimum atomic E-state index is 0.319. The van der Waals surface area contributed by atoms with E-state index in [0.717, 1.165) is 6.54 Å². The first-order chi connectivity index (χ1) is 8.17. The van der Waals surface area contributed by atoms with E-state index in [4.69, 9.17) is 17.3 Å². The van der Waals surface area contributed by atoms with Crippen molar-refractivity contribution in [2.75, 3.05) is 17.6 Å². The van der Waals surface area contributed by atoms with Crippen molar-refractivity contribution in [2.24, 2.45) is 5.41 Å². The van der Waals surface area contributed by atoms with Crippen molar-refractivity contribution in [3.05, 3.63) is 11.5 Å². The number of hydrogen-bond donors (Lipinski definition) is 2. The van der Waals surface area contributed by atoms with E-state index in [-0.39, 0.29) is 0 Å². The summed E-state index contributed by atoms with van der Waals surface area (Å²) in [5.74, 6) is 0.657. The molecule has 17 heavy (non-hydrogen) atoms. The van der Waals surface area contributed by atoms with Gasteiger partial charge in [-0.05, 0) is 24.7 Å². The molecule has 4 nitrogen and oxygen atoms in total. The van der Waals surface area contributed by atoms with Gasteiger partial charge in [0.05, 0.1) is 0 Å². The first kappa shape index (κ1) is 12.4. The van der Waals surface area contributed by atoms with E-state index in [1.54, 1.807) is 0 Å². The smallest absolute Gasteiger partial charge is 0.157 e. The fourth-order valence-corrected chi connectivity index (χ4v) is 2.70. The Kier molecular flexibility index (Phi) is 3.72. The van der Waals surface area contributed by atoms with E-state index in [1.165, 1.54) is 38.4 Å².